The van der Waals surface area contributed by atoms with Crippen LogP contribution in [0.3, 0.4) is 0 Å². The maximum Gasteiger partial charge on any atom is 0.261 e. The minimum atomic E-state index is -0.542. The standard InChI is InChI=1S/C35H35N5O7/c41-32-20-46-27-14-24(13-26(15-27)45-19-23-5-6-23)34(43)38-30-17-40(18-31(30)47-25-9-7-22(8-10-25)16-36-32)33(42)11-12-39-21-37-29-4-2-1-3-28(29)35(39)44/h1-4,7-10,13-15,21,23,30-31H,5-6,11-12,16-20H2,(H,36,41)(H,38,43)/t30-,31-/m0/s1. The molecular weight excluding hydrogens is 602 g/mol. The fourth-order valence-corrected chi connectivity index (χ4v) is 5.76. The summed E-state index contributed by atoms with van der Waals surface area (Å²) in [6.45, 7) is 1.26. The molecule has 1 aliphatic carbocycles. The van der Waals surface area contributed by atoms with Crippen molar-refractivity contribution in [2.75, 3.05) is 26.3 Å². The largest absolute Gasteiger partial charge is 0.493 e. The minimum Gasteiger partial charge on any atom is -0.493 e. The second kappa shape index (κ2) is 13.1. The van der Waals surface area contributed by atoms with Crippen molar-refractivity contribution < 1.29 is 28.6 Å². The SMILES string of the molecule is O=C1COc2cc(OCC3CC3)cc(c2)C(=O)N[C@H]2CN(C(=O)CCn3cnc4ccccc4c3=O)C[C@@H]2Oc2ccc(cc2)CN1. The maximum atomic E-state index is 13.7. The van der Waals surface area contributed by atoms with Crippen LogP contribution < -0.4 is 30.4 Å². The molecule has 4 aromatic rings. The van der Waals surface area contributed by atoms with Gasteiger partial charge in [0.25, 0.3) is 17.4 Å². The van der Waals surface area contributed by atoms with Gasteiger partial charge < -0.3 is 29.7 Å². The topological polar surface area (TPSA) is 141 Å². The number of benzene rings is 3. The van der Waals surface area contributed by atoms with Gasteiger partial charge in [-0.2, -0.15) is 0 Å². The highest BCUT2D eigenvalue weighted by Crippen LogP contribution is 2.31. The fraction of sp³-hybridized carbons (Fsp3) is 0.343. The number of nitrogens with one attached hydrogen (secondary N) is 2. The molecule has 47 heavy (non-hydrogen) atoms. The number of hydrogen-bond acceptors (Lipinski definition) is 8. The second-order valence-electron chi connectivity index (χ2n) is 12.2. The predicted octanol–water partition coefficient (Wildman–Crippen LogP) is 2.67. The third-order valence-corrected chi connectivity index (χ3v) is 8.63. The van der Waals surface area contributed by atoms with Gasteiger partial charge in [0.2, 0.25) is 5.91 Å². The van der Waals surface area contributed by atoms with Gasteiger partial charge in [-0.05, 0) is 60.7 Å². The van der Waals surface area contributed by atoms with Crippen LogP contribution in [-0.4, -0.2) is 70.6 Å². The van der Waals surface area contributed by atoms with E-state index in [1.807, 2.05) is 18.2 Å². The van der Waals surface area contributed by atoms with Gasteiger partial charge in [-0.15, -0.1) is 0 Å². The Labute approximate surface area is 270 Å². The summed E-state index contributed by atoms with van der Waals surface area (Å²) in [7, 11) is 0. The van der Waals surface area contributed by atoms with Gasteiger partial charge in [-0.1, -0.05) is 24.3 Å². The summed E-state index contributed by atoms with van der Waals surface area (Å²) < 4.78 is 19.5. The molecule has 12 nitrogen and oxygen atoms in total. The van der Waals surface area contributed by atoms with Crippen LogP contribution >= 0.6 is 0 Å². The van der Waals surface area contributed by atoms with E-state index >= 15 is 0 Å². The number of amides is 3. The molecule has 0 unspecified atom stereocenters. The van der Waals surface area contributed by atoms with Crippen molar-refractivity contribution in [3.8, 4) is 17.2 Å². The van der Waals surface area contributed by atoms with Crippen molar-refractivity contribution >= 4 is 28.6 Å². The number of likely N-dealkylation sites (tertiary alicyclic amines) is 1. The van der Waals surface area contributed by atoms with Crippen LogP contribution in [0.4, 0.5) is 0 Å². The zero-order chi connectivity index (χ0) is 32.3. The Balaban J connectivity index is 1.11. The molecule has 2 N–H and O–H groups in total. The van der Waals surface area contributed by atoms with Gasteiger partial charge in [0, 0.05) is 37.7 Å². The number of nitrogens with zero attached hydrogens (tertiary/aromatic N) is 3. The van der Waals surface area contributed by atoms with E-state index in [1.54, 1.807) is 53.4 Å². The molecule has 2 fully saturated rings. The molecular formula is C35H35N5O7. The Morgan fingerprint density at radius 3 is 2.64 bits per heavy atom. The van der Waals surface area contributed by atoms with Crippen LogP contribution in [0, 0.1) is 5.92 Å². The molecule has 3 aromatic carbocycles. The third-order valence-electron chi connectivity index (χ3n) is 8.63. The van der Waals surface area contributed by atoms with Gasteiger partial charge in [0.1, 0.15) is 23.4 Å². The number of fused-ring (bicyclic) bond motifs is 8. The molecule has 0 spiro atoms. The summed E-state index contributed by atoms with van der Waals surface area (Å²) in [5.74, 6) is 1.02. The maximum absolute atomic E-state index is 13.7. The van der Waals surface area contributed by atoms with Crippen LogP contribution in [0.25, 0.3) is 10.9 Å². The summed E-state index contributed by atoms with van der Waals surface area (Å²) in [5.41, 5.74) is 1.57. The monoisotopic (exact) mass is 637 g/mol. The van der Waals surface area contributed by atoms with Gasteiger partial charge in [0.05, 0.1) is 36.4 Å². The smallest absolute Gasteiger partial charge is 0.261 e. The molecule has 3 aliphatic heterocycles. The van der Waals surface area contributed by atoms with E-state index < -0.39 is 18.1 Å². The highest BCUT2D eigenvalue weighted by Gasteiger charge is 2.38. The fourth-order valence-electron chi connectivity index (χ4n) is 5.76. The number of aromatic nitrogens is 2. The Hall–Kier alpha value is -5.39. The lowest BCUT2D eigenvalue weighted by Gasteiger charge is -2.21. The molecule has 0 radical (unpaired) electrons. The summed E-state index contributed by atoms with van der Waals surface area (Å²) >= 11 is 0. The number of para-hydroxylation sites is 1. The second-order valence-corrected chi connectivity index (χ2v) is 12.2. The van der Waals surface area contributed by atoms with E-state index in [0.29, 0.717) is 52.8 Å². The van der Waals surface area contributed by atoms with Crippen LogP contribution in [0.1, 0.15) is 35.2 Å². The van der Waals surface area contributed by atoms with Gasteiger partial charge in [0.15, 0.2) is 6.61 Å². The Kier molecular flexibility index (Phi) is 8.47. The molecule has 4 bridgehead atoms. The van der Waals surface area contributed by atoms with Crippen LogP contribution in [-0.2, 0) is 22.7 Å². The molecule has 1 aromatic heterocycles. The van der Waals surface area contributed by atoms with Crippen LogP contribution in [0.2, 0.25) is 0 Å². The number of carbonyl (C=O) groups excluding carboxylic acids is 3. The molecule has 2 atom stereocenters. The average molecular weight is 638 g/mol. The molecule has 3 amide bonds. The zero-order valence-electron chi connectivity index (χ0n) is 25.7. The minimum absolute atomic E-state index is 0.0782. The Morgan fingerprint density at radius 2 is 1.81 bits per heavy atom. The summed E-state index contributed by atoms with van der Waals surface area (Å²) in [6, 6.07) is 18.8. The number of carbonyl (C=O) groups is 3. The van der Waals surface area contributed by atoms with Crippen molar-refractivity contribution in [1.82, 2.24) is 25.1 Å². The molecule has 12 heteroatoms. The van der Waals surface area contributed by atoms with Crippen LogP contribution in [0.5, 0.6) is 17.2 Å². The summed E-state index contributed by atoms with van der Waals surface area (Å²) in [5, 5.41) is 6.40. The van der Waals surface area contributed by atoms with E-state index in [1.165, 1.54) is 10.9 Å². The Bertz CT molecular complexity index is 1870. The molecule has 8 rings (SSSR count). The van der Waals surface area contributed by atoms with Gasteiger partial charge in [-0.3, -0.25) is 23.7 Å². The van der Waals surface area contributed by atoms with Crippen molar-refractivity contribution in [2.24, 2.45) is 5.92 Å². The summed E-state index contributed by atoms with van der Waals surface area (Å²) in [4.78, 5) is 58.6. The predicted molar refractivity (Wildman–Crippen MR) is 171 cm³/mol. The van der Waals surface area contributed by atoms with E-state index in [-0.39, 0.29) is 50.0 Å². The zero-order valence-corrected chi connectivity index (χ0v) is 25.7. The molecule has 4 aliphatic rings. The number of hydrogen-bond donors (Lipinski definition) is 2. The number of ether oxygens (including phenoxy) is 3. The average Bonchev–Trinajstić information content (AvgIpc) is 3.84. The lowest BCUT2D eigenvalue weighted by atomic mass is 10.1. The quantitative estimate of drug-likeness (QED) is 0.329. The van der Waals surface area contributed by atoms with Crippen molar-refractivity contribution in [1.29, 1.82) is 0 Å². The van der Waals surface area contributed by atoms with Crippen molar-refractivity contribution in [3.63, 3.8) is 0 Å². The van der Waals surface area contributed by atoms with Crippen molar-refractivity contribution in [3.05, 3.63) is 94.5 Å². The van der Waals surface area contributed by atoms with E-state index in [4.69, 9.17) is 14.2 Å². The van der Waals surface area contributed by atoms with Gasteiger partial charge >= 0.3 is 0 Å². The first-order valence-electron chi connectivity index (χ1n) is 15.8. The first-order valence-corrected chi connectivity index (χ1v) is 15.8. The Morgan fingerprint density at radius 1 is 0.979 bits per heavy atom. The summed E-state index contributed by atoms with van der Waals surface area (Å²) in [6.07, 6.45) is 3.22. The first-order chi connectivity index (χ1) is 22.9. The van der Waals surface area contributed by atoms with E-state index in [0.717, 1.165) is 18.4 Å². The number of aryl methyl sites for hydroxylation is 1. The highest BCUT2D eigenvalue weighted by molar-refractivity contribution is 5.95. The van der Waals surface area contributed by atoms with E-state index in [2.05, 4.69) is 15.6 Å². The van der Waals surface area contributed by atoms with Crippen LogP contribution in [0.15, 0.2) is 77.9 Å². The molecule has 242 valence electrons. The highest BCUT2D eigenvalue weighted by atomic mass is 16.5. The lowest BCUT2D eigenvalue weighted by Crippen LogP contribution is -2.45. The third kappa shape index (κ3) is 7.21. The first kappa shape index (κ1) is 30.3. The van der Waals surface area contributed by atoms with E-state index in [9.17, 15) is 19.2 Å². The lowest BCUT2D eigenvalue weighted by molar-refractivity contribution is -0.130. The molecule has 1 saturated heterocycles. The molecule has 4 heterocycles. The normalized spacial score (nSPS) is 19.6. The van der Waals surface area contributed by atoms with Gasteiger partial charge in [-0.25, -0.2) is 4.98 Å². The number of rotatable bonds is 6. The molecule has 1 saturated carbocycles. The van der Waals surface area contributed by atoms with Crippen molar-refractivity contribution in [2.45, 2.75) is 44.5 Å².